The summed E-state index contributed by atoms with van der Waals surface area (Å²) >= 11 is 0. The molecule has 2 aromatic carbocycles. The van der Waals surface area contributed by atoms with Gasteiger partial charge in [-0.05, 0) is 42.2 Å². The molecule has 0 saturated carbocycles. The number of carbonyl (C=O) groups is 2. The molecular formula is C22H22FN3O3. The van der Waals surface area contributed by atoms with Gasteiger partial charge in [0.2, 0.25) is 0 Å². The Labute approximate surface area is 168 Å². The van der Waals surface area contributed by atoms with E-state index in [1.165, 1.54) is 24.8 Å². The zero-order valence-corrected chi connectivity index (χ0v) is 16.0. The smallest absolute Gasteiger partial charge is 0.319 e. The number of hydrogen-bond donors (Lipinski definition) is 2. The molecule has 7 heteroatoms. The lowest BCUT2D eigenvalue weighted by Crippen LogP contribution is -2.52. The Kier molecular flexibility index (Phi) is 5.20. The number of benzene rings is 2. The van der Waals surface area contributed by atoms with Crippen molar-refractivity contribution in [3.05, 3.63) is 77.4 Å². The van der Waals surface area contributed by atoms with E-state index in [4.69, 9.17) is 4.74 Å². The summed E-state index contributed by atoms with van der Waals surface area (Å²) in [6.45, 7) is 0.777. The number of aryl methyl sites for hydroxylation is 1. The molecule has 150 valence electrons. The molecule has 29 heavy (non-hydrogen) atoms. The Morgan fingerprint density at radius 2 is 1.97 bits per heavy atom. The van der Waals surface area contributed by atoms with Crippen molar-refractivity contribution in [2.75, 3.05) is 18.6 Å². The fraction of sp³-hybridized carbons (Fsp3) is 0.273. The van der Waals surface area contributed by atoms with Crippen LogP contribution in [0.2, 0.25) is 0 Å². The molecule has 0 unspecified atom stereocenters. The van der Waals surface area contributed by atoms with E-state index in [2.05, 4.69) is 21.6 Å². The molecule has 2 amide bonds. The summed E-state index contributed by atoms with van der Waals surface area (Å²) in [6, 6.07) is 12.7. The zero-order chi connectivity index (χ0) is 20.4. The van der Waals surface area contributed by atoms with Crippen LogP contribution < -0.4 is 15.5 Å². The maximum Gasteiger partial charge on any atom is 0.319 e. The molecule has 4 rings (SSSR count). The number of fused-ring (bicyclic) bond motifs is 1. The summed E-state index contributed by atoms with van der Waals surface area (Å²) in [7, 11) is 1.31. The quantitative estimate of drug-likeness (QED) is 0.783. The van der Waals surface area contributed by atoms with Crippen LogP contribution in [0.5, 0.6) is 0 Å². The van der Waals surface area contributed by atoms with E-state index < -0.39 is 24.0 Å². The number of urea groups is 1. The first-order valence-corrected chi connectivity index (χ1v) is 9.54. The Hall–Kier alpha value is -3.35. The van der Waals surface area contributed by atoms with E-state index in [0.717, 1.165) is 25.1 Å². The molecule has 1 fully saturated rings. The van der Waals surface area contributed by atoms with Gasteiger partial charge in [-0.25, -0.2) is 9.18 Å². The zero-order valence-electron chi connectivity index (χ0n) is 16.0. The van der Waals surface area contributed by atoms with Crippen LogP contribution in [0.3, 0.4) is 0 Å². The van der Waals surface area contributed by atoms with Gasteiger partial charge in [0.25, 0.3) is 0 Å². The van der Waals surface area contributed by atoms with Crippen LogP contribution in [0.15, 0.2) is 60.4 Å². The predicted molar refractivity (Wildman–Crippen MR) is 107 cm³/mol. The minimum Gasteiger partial charge on any atom is -0.468 e. The molecule has 2 aliphatic rings. The summed E-state index contributed by atoms with van der Waals surface area (Å²) in [5.41, 5.74) is 3.36. The van der Waals surface area contributed by atoms with Crippen LogP contribution in [0.1, 0.15) is 23.6 Å². The molecule has 0 radical (unpaired) electrons. The average molecular weight is 395 g/mol. The van der Waals surface area contributed by atoms with Gasteiger partial charge in [-0.3, -0.25) is 4.79 Å². The highest BCUT2D eigenvalue weighted by Gasteiger charge is 2.40. The largest absolute Gasteiger partial charge is 0.468 e. The van der Waals surface area contributed by atoms with Crippen LogP contribution in [-0.4, -0.2) is 25.7 Å². The third kappa shape index (κ3) is 3.81. The Balaban J connectivity index is 1.74. The second-order valence-corrected chi connectivity index (χ2v) is 7.14. The molecule has 2 heterocycles. The number of hydrogen-bond acceptors (Lipinski definition) is 4. The Morgan fingerprint density at radius 1 is 1.21 bits per heavy atom. The minimum absolute atomic E-state index is 0.385. The normalized spacial score (nSPS) is 22.5. The van der Waals surface area contributed by atoms with Gasteiger partial charge in [0.05, 0.1) is 18.8 Å². The molecule has 2 aromatic rings. The van der Waals surface area contributed by atoms with Gasteiger partial charge >= 0.3 is 12.0 Å². The molecule has 2 atom stereocenters. The number of carbonyl (C=O) groups excluding carboxylic acids is 2. The Bertz CT molecular complexity index is 958. The lowest BCUT2D eigenvalue weighted by molar-refractivity contribution is -0.145. The highest BCUT2D eigenvalue weighted by atomic mass is 19.1. The van der Waals surface area contributed by atoms with Crippen LogP contribution in [-0.2, 0) is 16.0 Å². The van der Waals surface area contributed by atoms with Gasteiger partial charge in [0, 0.05) is 18.4 Å². The number of amides is 2. The number of rotatable bonds is 3. The lowest BCUT2D eigenvalue weighted by atomic mass is 9.88. The van der Waals surface area contributed by atoms with Crippen LogP contribution in [0, 0.1) is 11.7 Å². The number of ether oxygens (including phenoxy) is 1. The third-order valence-corrected chi connectivity index (χ3v) is 5.34. The van der Waals surface area contributed by atoms with Crippen LogP contribution in [0.25, 0.3) is 0 Å². The van der Waals surface area contributed by atoms with E-state index in [1.807, 2.05) is 24.4 Å². The predicted octanol–water partition coefficient (Wildman–Crippen LogP) is 3.26. The topological polar surface area (TPSA) is 70.7 Å². The first-order valence-electron chi connectivity index (χ1n) is 9.54. The van der Waals surface area contributed by atoms with Gasteiger partial charge in [0.15, 0.2) is 0 Å². The number of halogens is 1. The monoisotopic (exact) mass is 395 g/mol. The molecule has 0 bridgehead atoms. The van der Waals surface area contributed by atoms with E-state index in [-0.39, 0.29) is 5.82 Å². The van der Waals surface area contributed by atoms with Gasteiger partial charge in [-0.2, -0.15) is 0 Å². The fourth-order valence-corrected chi connectivity index (χ4v) is 3.96. The molecule has 1 saturated heterocycles. The van der Waals surface area contributed by atoms with Crippen molar-refractivity contribution in [1.82, 2.24) is 10.6 Å². The fourth-order valence-electron chi connectivity index (χ4n) is 3.96. The van der Waals surface area contributed by atoms with Gasteiger partial charge in [0.1, 0.15) is 11.7 Å². The van der Waals surface area contributed by atoms with Crippen LogP contribution in [0.4, 0.5) is 14.9 Å². The summed E-state index contributed by atoms with van der Waals surface area (Å²) in [5.74, 6) is -1.65. The highest BCUT2D eigenvalue weighted by Crippen LogP contribution is 2.33. The van der Waals surface area contributed by atoms with E-state index in [9.17, 15) is 14.0 Å². The van der Waals surface area contributed by atoms with Crippen molar-refractivity contribution < 1.29 is 18.7 Å². The maximum atomic E-state index is 13.4. The van der Waals surface area contributed by atoms with Gasteiger partial charge in [-0.15, -0.1) is 0 Å². The SMILES string of the molecule is COC(=O)[C@H]1/C(=C\N2CCCc3ccccc32)NC(=O)N[C@@H]1c1ccc(F)cc1. The number of esters is 1. The van der Waals surface area contributed by atoms with Gasteiger partial charge < -0.3 is 20.3 Å². The molecule has 0 spiro atoms. The van der Waals surface area contributed by atoms with Crippen molar-refractivity contribution in [2.24, 2.45) is 5.92 Å². The van der Waals surface area contributed by atoms with Crippen molar-refractivity contribution >= 4 is 17.7 Å². The van der Waals surface area contributed by atoms with Crippen molar-refractivity contribution in [1.29, 1.82) is 0 Å². The Morgan fingerprint density at radius 3 is 2.72 bits per heavy atom. The number of methoxy groups -OCH3 is 1. The number of anilines is 1. The molecule has 0 aromatic heterocycles. The second kappa shape index (κ2) is 7.95. The van der Waals surface area contributed by atoms with Crippen molar-refractivity contribution in [3.63, 3.8) is 0 Å². The number of nitrogens with zero attached hydrogens (tertiary/aromatic N) is 1. The summed E-state index contributed by atoms with van der Waals surface area (Å²) in [4.78, 5) is 27.1. The maximum absolute atomic E-state index is 13.4. The van der Waals surface area contributed by atoms with Crippen molar-refractivity contribution in [2.45, 2.75) is 18.9 Å². The first kappa shape index (κ1) is 19.0. The summed E-state index contributed by atoms with van der Waals surface area (Å²) < 4.78 is 18.4. The molecular weight excluding hydrogens is 373 g/mol. The highest BCUT2D eigenvalue weighted by molar-refractivity contribution is 5.85. The number of para-hydroxylation sites is 1. The van der Waals surface area contributed by atoms with E-state index in [1.54, 1.807) is 12.1 Å². The second-order valence-electron chi connectivity index (χ2n) is 7.14. The standard InChI is InChI=1S/C22H22FN3O3/c1-29-21(27)19-17(13-26-12-4-6-14-5-2-3-7-18(14)26)24-22(28)25-20(19)15-8-10-16(23)11-9-15/h2-3,5,7-11,13,19-20H,4,6,12H2,1H3,(H2,24,25,28)/b17-13+/t19-,20+/m0/s1. The average Bonchev–Trinajstić information content (AvgIpc) is 2.74. The van der Waals surface area contributed by atoms with E-state index in [0.29, 0.717) is 11.3 Å². The molecule has 6 nitrogen and oxygen atoms in total. The number of nitrogens with one attached hydrogen (secondary N) is 2. The minimum atomic E-state index is -0.780. The summed E-state index contributed by atoms with van der Waals surface area (Å²) in [5, 5.41) is 5.54. The molecule has 2 N–H and O–H groups in total. The lowest BCUT2D eigenvalue weighted by Gasteiger charge is -2.36. The third-order valence-electron chi connectivity index (χ3n) is 5.34. The molecule has 0 aliphatic carbocycles. The van der Waals surface area contributed by atoms with E-state index >= 15 is 0 Å². The van der Waals surface area contributed by atoms with Crippen LogP contribution >= 0.6 is 0 Å². The van der Waals surface area contributed by atoms with Crippen molar-refractivity contribution in [3.8, 4) is 0 Å². The first-order chi connectivity index (χ1) is 14.1. The molecule has 2 aliphatic heterocycles. The van der Waals surface area contributed by atoms with Gasteiger partial charge in [-0.1, -0.05) is 30.3 Å². The summed E-state index contributed by atoms with van der Waals surface area (Å²) in [6.07, 6.45) is 3.77.